The molecule has 1 saturated heterocycles. The molecule has 21 heavy (non-hydrogen) atoms. The zero-order chi connectivity index (χ0) is 15.5. The maximum Gasteiger partial charge on any atom is 0.128 e. The van der Waals surface area contributed by atoms with E-state index in [1.165, 1.54) is 5.56 Å². The van der Waals surface area contributed by atoms with Crippen LogP contribution in [-0.2, 0) is 4.74 Å². The molecular weight excluding hydrogens is 266 g/mol. The highest BCUT2D eigenvalue weighted by atomic mass is 16.5. The van der Waals surface area contributed by atoms with Crippen molar-refractivity contribution in [2.45, 2.75) is 45.4 Å². The second kappa shape index (κ2) is 6.73. The van der Waals surface area contributed by atoms with Crippen molar-refractivity contribution in [3.63, 3.8) is 0 Å². The first kappa shape index (κ1) is 16.2. The van der Waals surface area contributed by atoms with Crippen LogP contribution in [0.25, 0.3) is 0 Å². The van der Waals surface area contributed by atoms with Crippen LogP contribution in [0.2, 0.25) is 0 Å². The van der Waals surface area contributed by atoms with Crippen LogP contribution in [0.15, 0.2) is 18.3 Å². The Hall–Kier alpha value is -1.17. The molecule has 1 aromatic rings. The van der Waals surface area contributed by atoms with Gasteiger partial charge in [-0.25, -0.2) is 4.98 Å². The fourth-order valence-electron chi connectivity index (χ4n) is 2.87. The Morgan fingerprint density at radius 2 is 2.33 bits per heavy atom. The zero-order valence-electron chi connectivity index (χ0n) is 13.5. The Kier molecular flexibility index (Phi) is 5.19. The molecule has 5 heteroatoms. The SMILES string of the molecule is CCNC(C)c1ccnc(N2CC(CO)OC(C)(C)C2)c1. The van der Waals surface area contributed by atoms with Crippen LogP contribution in [0.4, 0.5) is 5.82 Å². The number of hydrogen-bond acceptors (Lipinski definition) is 5. The summed E-state index contributed by atoms with van der Waals surface area (Å²) in [5.74, 6) is 0.951. The predicted molar refractivity (Wildman–Crippen MR) is 84.6 cm³/mol. The molecule has 118 valence electrons. The molecule has 1 fully saturated rings. The van der Waals surface area contributed by atoms with Gasteiger partial charge in [0.15, 0.2) is 0 Å². The number of hydrogen-bond donors (Lipinski definition) is 2. The Morgan fingerprint density at radius 1 is 1.57 bits per heavy atom. The molecule has 0 bridgehead atoms. The normalized spacial score (nSPS) is 23.1. The van der Waals surface area contributed by atoms with Crippen molar-refractivity contribution >= 4 is 5.82 Å². The number of pyridine rings is 1. The van der Waals surface area contributed by atoms with E-state index in [1.54, 1.807) is 0 Å². The van der Waals surface area contributed by atoms with E-state index in [-0.39, 0.29) is 18.3 Å². The fraction of sp³-hybridized carbons (Fsp3) is 0.688. The smallest absolute Gasteiger partial charge is 0.128 e. The van der Waals surface area contributed by atoms with Crippen molar-refractivity contribution in [2.75, 3.05) is 31.1 Å². The molecule has 0 spiro atoms. The standard InChI is InChI=1S/C16H27N3O2/c1-5-17-12(2)13-6-7-18-15(8-13)19-9-14(10-20)21-16(3,4)11-19/h6-8,12,14,17,20H,5,9-11H2,1-4H3. The summed E-state index contributed by atoms with van der Waals surface area (Å²) in [5, 5.41) is 12.8. The molecule has 1 aliphatic heterocycles. The van der Waals surface area contributed by atoms with Crippen LogP contribution in [0.5, 0.6) is 0 Å². The summed E-state index contributed by atoms with van der Waals surface area (Å²) in [6, 6.07) is 4.48. The highest BCUT2D eigenvalue weighted by molar-refractivity contribution is 5.43. The molecular formula is C16H27N3O2. The van der Waals surface area contributed by atoms with Gasteiger partial charge >= 0.3 is 0 Å². The number of aromatic nitrogens is 1. The number of morpholine rings is 1. The van der Waals surface area contributed by atoms with Gasteiger partial charge in [0.25, 0.3) is 0 Å². The van der Waals surface area contributed by atoms with Gasteiger partial charge in [-0.2, -0.15) is 0 Å². The summed E-state index contributed by atoms with van der Waals surface area (Å²) in [4.78, 5) is 6.70. The van der Waals surface area contributed by atoms with Crippen LogP contribution >= 0.6 is 0 Å². The molecule has 0 radical (unpaired) electrons. The third-order valence-electron chi connectivity index (χ3n) is 3.79. The van der Waals surface area contributed by atoms with E-state index >= 15 is 0 Å². The molecule has 2 rings (SSSR count). The molecule has 0 saturated carbocycles. The first-order chi connectivity index (χ1) is 9.95. The number of aliphatic hydroxyl groups excluding tert-OH is 1. The average Bonchev–Trinajstić information content (AvgIpc) is 2.46. The molecule has 5 nitrogen and oxygen atoms in total. The van der Waals surface area contributed by atoms with Gasteiger partial charge in [0.1, 0.15) is 5.82 Å². The summed E-state index contributed by atoms with van der Waals surface area (Å²) in [5.41, 5.74) is 0.947. The van der Waals surface area contributed by atoms with E-state index in [0.717, 1.165) is 18.9 Å². The lowest BCUT2D eigenvalue weighted by Crippen LogP contribution is -2.54. The predicted octanol–water partition coefficient (Wildman–Crippen LogP) is 1.73. The van der Waals surface area contributed by atoms with Gasteiger partial charge in [0.05, 0.1) is 18.3 Å². The molecule has 2 heterocycles. The van der Waals surface area contributed by atoms with Gasteiger partial charge in [-0.1, -0.05) is 6.92 Å². The van der Waals surface area contributed by atoms with Gasteiger partial charge in [0.2, 0.25) is 0 Å². The quantitative estimate of drug-likeness (QED) is 0.866. The Labute approximate surface area is 127 Å². The van der Waals surface area contributed by atoms with Gasteiger partial charge in [-0.3, -0.25) is 0 Å². The third kappa shape index (κ3) is 4.15. The van der Waals surface area contributed by atoms with Gasteiger partial charge in [-0.15, -0.1) is 0 Å². The summed E-state index contributed by atoms with van der Waals surface area (Å²) < 4.78 is 5.86. The second-order valence-corrected chi connectivity index (χ2v) is 6.29. The van der Waals surface area contributed by atoms with E-state index in [9.17, 15) is 5.11 Å². The minimum Gasteiger partial charge on any atom is -0.394 e. The Bertz CT molecular complexity index is 465. The molecule has 1 aliphatic rings. The monoisotopic (exact) mass is 293 g/mol. The van der Waals surface area contributed by atoms with Gasteiger partial charge in [0, 0.05) is 25.3 Å². The molecule has 2 unspecified atom stereocenters. The van der Waals surface area contributed by atoms with E-state index in [1.807, 2.05) is 26.1 Å². The highest BCUT2D eigenvalue weighted by Crippen LogP contribution is 2.26. The Balaban J connectivity index is 2.18. The number of anilines is 1. The molecule has 1 aromatic heterocycles. The minimum atomic E-state index is -0.281. The lowest BCUT2D eigenvalue weighted by molar-refractivity contribution is -0.101. The topological polar surface area (TPSA) is 57.6 Å². The van der Waals surface area contributed by atoms with Crippen molar-refractivity contribution in [2.24, 2.45) is 0 Å². The summed E-state index contributed by atoms with van der Waals surface area (Å²) in [7, 11) is 0. The minimum absolute atomic E-state index is 0.0351. The molecule has 0 aromatic carbocycles. The average molecular weight is 293 g/mol. The van der Waals surface area contributed by atoms with Crippen LogP contribution in [0.1, 0.15) is 39.3 Å². The van der Waals surface area contributed by atoms with E-state index in [4.69, 9.17) is 4.74 Å². The van der Waals surface area contributed by atoms with Gasteiger partial charge < -0.3 is 20.1 Å². The summed E-state index contributed by atoms with van der Waals surface area (Å²) >= 11 is 0. The van der Waals surface area contributed by atoms with Crippen molar-refractivity contribution in [3.8, 4) is 0 Å². The van der Waals surface area contributed by atoms with Crippen molar-refractivity contribution in [3.05, 3.63) is 23.9 Å². The number of rotatable bonds is 5. The largest absolute Gasteiger partial charge is 0.394 e. The zero-order valence-corrected chi connectivity index (χ0v) is 13.5. The van der Waals surface area contributed by atoms with Crippen LogP contribution in [0.3, 0.4) is 0 Å². The summed E-state index contributed by atoms with van der Waals surface area (Å²) in [6.45, 7) is 10.8. The lowest BCUT2D eigenvalue weighted by atomic mass is 10.0. The number of nitrogens with zero attached hydrogens (tertiary/aromatic N) is 2. The number of aliphatic hydroxyl groups is 1. The van der Waals surface area contributed by atoms with Crippen molar-refractivity contribution in [1.82, 2.24) is 10.3 Å². The summed E-state index contributed by atoms with van der Waals surface area (Å²) in [6.07, 6.45) is 1.69. The van der Waals surface area contributed by atoms with Crippen molar-refractivity contribution < 1.29 is 9.84 Å². The second-order valence-electron chi connectivity index (χ2n) is 6.29. The molecule has 2 atom stereocenters. The maximum atomic E-state index is 9.42. The van der Waals surface area contributed by atoms with E-state index < -0.39 is 0 Å². The molecule has 0 aliphatic carbocycles. The fourth-order valence-corrected chi connectivity index (χ4v) is 2.87. The molecule has 0 amide bonds. The van der Waals surface area contributed by atoms with E-state index in [0.29, 0.717) is 12.6 Å². The van der Waals surface area contributed by atoms with E-state index in [2.05, 4.69) is 35.1 Å². The molecule has 2 N–H and O–H groups in total. The van der Waals surface area contributed by atoms with Gasteiger partial charge in [-0.05, 0) is 45.0 Å². The lowest BCUT2D eigenvalue weighted by Gasteiger charge is -2.43. The van der Waals surface area contributed by atoms with Crippen LogP contribution < -0.4 is 10.2 Å². The first-order valence-corrected chi connectivity index (χ1v) is 7.68. The van der Waals surface area contributed by atoms with Crippen molar-refractivity contribution in [1.29, 1.82) is 0 Å². The Morgan fingerprint density at radius 3 is 3.00 bits per heavy atom. The maximum absolute atomic E-state index is 9.42. The highest BCUT2D eigenvalue weighted by Gasteiger charge is 2.33. The van der Waals surface area contributed by atoms with Crippen LogP contribution in [0, 0.1) is 0 Å². The number of ether oxygens (including phenoxy) is 1. The number of nitrogens with one attached hydrogen (secondary N) is 1. The third-order valence-corrected chi connectivity index (χ3v) is 3.79. The first-order valence-electron chi connectivity index (χ1n) is 7.68. The van der Waals surface area contributed by atoms with Crippen LogP contribution in [-0.4, -0.2) is 48.0 Å².